The summed E-state index contributed by atoms with van der Waals surface area (Å²) < 4.78 is 7.67. The van der Waals surface area contributed by atoms with Crippen LogP contribution in [-0.4, -0.2) is 68.5 Å². The molecule has 0 N–H and O–H groups in total. The molecule has 1 amide bonds. The van der Waals surface area contributed by atoms with Crippen LogP contribution in [0.3, 0.4) is 0 Å². The predicted octanol–water partition coefficient (Wildman–Crippen LogP) is 2.00. The van der Waals surface area contributed by atoms with Crippen LogP contribution in [0.25, 0.3) is 0 Å². The van der Waals surface area contributed by atoms with Gasteiger partial charge in [0, 0.05) is 38.5 Å². The van der Waals surface area contributed by atoms with Crippen molar-refractivity contribution in [3.8, 4) is 0 Å². The van der Waals surface area contributed by atoms with Crippen molar-refractivity contribution in [2.24, 2.45) is 5.92 Å². The van der Waals surface area contributed by atoms with Crippen LogP contribution in [0.5, 0.6) is 0 Å². The molecule has 0 aromatic carbocycles. The molecule has 7 nitrogen and oxygen atoms in total. The van der Waals surface area contributed by atoms with E-state index in [4.69, 9.17) is 4.74 Å². The van der Waals surface area contributed by atoms with Crippen molar-refractivity contribution in [3.05, 3.63) is 12.7 Å². The van der Waals surface area contributed by atoms with Gasteiger partial charge in [-0.3, -0.25) is 9.58 Å². The SMILES string of the molecule is CC(C)CCN1CC2(CCN([C@@H](C)Cn3cncn3)CC2)OC1=O. The molecule has 1 spiro atoms. The molecule has 134 valence electrons. The lowest BCUT2D eigenvalue weighted by atomic mass is 9.90. The first kappa shape index (κ1) is 17.2. The largest absolute Gasteiger partial charge is 0.441 e. The average molecular weight is 335 g/mol. The molecule has 1 aromatic rings. The van der Waals surface area contributed by atoms with Crippen LogP contribution in [0.1, 0.15) is 40.0 Å². The van der Waals surface area contributed by atoms with Crippen LogP contribution >= 0.6 is 0 Å². The second kappa shape index (κ2) is 7.09. The van der Waals surface area contributed by atoms with Gasteiger partial charge < -0.3 is 9.64 Å². The maximum atomic E-state index is 12.2. The standard InChI is InChI=1S/C17H29N5O2/c1-14(2)4-7-21-11-17(24-16(21)23)5-8-20(9-6-17)15(3)10-22-13-18-12-19-22/h12-15H,4-11H2,1-3H3/t15-/m0/s1. The van der Waals surface area contributed by atoms with E-state index in [9.17, 15) is 4.79 Å². The Hall–Kier alpha value is -1.63. The van der Waals surface area contributed by atoms with Gasteiger partial charge in [0.15, 0.2) is 0 Å². The van der Waals surface area contributed by atoms with Crippen molar-refractivity contribution in [3.63, 3.8) is 0 Å². The number of hydrogen-bond donors (Lipinski definition) is 0. The summed E-state index contributed by atoms with van der Waals surface area (Å²) in [6.45, 7) is 10.9. The summed E-state index contributed by atoms with van der Waals surface area (Å²) >= 11 is 0. The van der Waals surface area contributed by atoms with Crippen LogP contribution in [0.15, 0.2) is 12.7 Å². The summed E-state index contributed by atoms with van der Waals surface area (Å²) in [6, 6.07) is 0.401. The molecule has 0 aliphatic carbocycles. The summed E-state index contributed by atoms with van der Waals surface area (Å²) in [6.07, 6.45) is 6.07. The lowest BCUT2D eigenvalue weighted by molar-refractivity contribution is -0.0102. The lowest BCUT2D eigenvalue weighted by Gasteiger charge is -2.40. The Balaban J connectivity index is 1.50. The summed E-state index contributed by atoms with van der Waals surface area (Å²) in [4.78, 5) is 20.5. The molecule has 1 atom stereocenters. The third-order valence-electron chi connectivity index (χ3n) is 5.27. The monoisotopic (exact) mass is 335 g/mol. The molecule has 1 aromatic heterocycles. The van der Waals surface area contributed by atoms with Gasteiger partial charge in [-0.1, -0.05) is 13.8 Å². The van der Waals surface area contributed by atoms with Gasteiger partial charge in [-0.15, -0.1) is 0 Å². The molecule has 0 bridgehead atoms. The van der Waals surface area contributed by atoms with E-state index < -0.39 is 0 Å². The van der Waals surface area contributed by atoms with Crippen molar-refractivity contribution in [2.45, 2.75) is 58.2 Å². The maximum Gasteiger partial charge on any atom is 0.410 e. The van der Waals surface area contributed by atoms with Crippen molar-refractivity contribution in [1.29, 1.82) is 0 Å². The number of rotatable bonds is 6. The third-order valence-corrected chi connectivity index (χ3v) is 5.27. The first-order valence-electron chi connectivity index (χ1n) is 9.02. The van der Waals surface area contributed by atoms with Crippen LogP contribution < -0.4 is 0 Å². The number of amides is 1. The topological polar surface area (TPSA) is 63.5 Å². The molecular weight excluding hydrogens is 306 g/mol. The fourth-order valence-electron chi connectivity index (χ4n) is 3.62. The summed E-state index contributed by atoms with van der Waals surface area (Å²) in [5.74, 6) is 0.605. The number of ether oxygens (including phenoxy) is 1. The van der Waals surface area contributed by atoms with E-state index >= 15 is 0 Å². The zero-order valence-electron chi connectivity index (χ0n) is 15.0. The summed E-state index contributed by atoms with van der Waals surface area (Å²) in [5, 5.41) is 4.18. The predicted molar refractivity (Wildman–Crippen MR) is 90.5 cm³/mol. The van der Waals surface area contributed by atoms with E-state index in [0.29, 0.717) is 12.0 Å². The number of aromatic nitrogens is 3. The van der Waals surface area contributed by atoms with Crippen LogP contribution in [-0.2, 0) is 11.3 Å². The highest BCUT2D eigenvalue weighted by atomic mass is 16.6. The van der Waals surface area contributed by atoms with Gasteiger partial charge in [0.25, 0.3) is 0 Å². The zero-order chi connectivity index (χ0) is 17.2. The minimum Gasteiger partial charge on any atom is -0.441 e. The second-order valence-electron chi connectivity index (χ2n) is 7.66. The van der Waals surface area contributed by atoms with Gasteiger partial charge >= 0.3 is 6.09 Å². The quantitative estimate of drug-likeness (QED) is 0.796. The van der Waals surface area contributed by atoms with E-state index in [1.807, 2.05) is 9.58 Å². The molecule has 2 aliphatic rings. The highest BCUT2D eigenvalue weighted by Gasteiger charge is 2.47. The molecule has 24 heavy (non-hydrogen) atoms. The smallest absolute Gasteiger partial charge is 0.410 e. The van der Waals surface area contributed by atoms with Crippen molar-refractivity contribution < 1.29 is 9.53 Å². The molecule has 0 radical (unpaired) electrons. The van der Waals surface area contributed by atoms with Crippen molar-refractivity contribution in [2.75, 3.05) is 26.2 Å². The van der Waals surface area contributed by atoms with Gasteiger partial charge in [0.05, 0.1) is 13.1 Å². The Morgan fingerprint density at radius 1 is 1.29 bits per heavy atom. The Bertz CT molecular complexity index is 537. The molecule has 3 heterocycles. The lowest BCUT2D eigenvalue weighted by Crippen LogP contribution is -2.50. The van der Waals surface area contributed by atoms with Crippen LogP contribution in [0.2, 0.25) is 0 Å². The average Bonchev–Trinajstić information content (AvgIpc) is 3.14. The Morgan fingerprint density at radius 3 is 2.67 bits per heavy atom. The first-order valence-corrected chi connectivity index (χ1v) is 9.02. The first-order chi connectivity index (χ1) is 11.5. The molecule has 3 rings (SSSR count). The van der Waals surface area contributed by atoms with Gasteiger partial charge in [-0.25, -0.2) is 9.78 Å². The highest BCUT2D eigenvalue weighted by molar-refractivity contribution is 5.70. The summed E-state index contributed by atoms with van der Waals surface area (Å²) in [7, 11) is 0. The number of piperidine rings is 1. The molecular formula is C17H29N5O2. The fraction of sp³-hybridized carbons (Fsp3) is 0.824. The van der Waals surface area contributed by atoms with Crippen LogP contribution in [0.4, 0.5) is 4.79 Å². The number of nitrogens with zero attached hydrogens (tertiary/aromatic N) is 5. The minimum atomic E-state index is -0.266. The maximum absolute atomic E-state index is 12.2. The molecule has 0 unspecified atom stereocenters. The second-order valence-corrected chi connectivity index (χ2v) is 7.66. The van der Waals surface area contributed by atoms with E-state index in [2.05, 4.69) is 35.8 Å². The van der Waals surface area contributed by atoms with Gasteiger partial charge in [-0.05, 0) is 19.3 Å². The normalized spacial score (nSPS) is 22.3. The molecule has 2 aliphatic heterocycles. The molecule has 2 saturated heterocycles. The number of carbonyl (C=O) groups is 1. The molecule has 7 heteroatoms. The Morgan fingerprint density at radius 2 is 2.04 bits per heavy atom. The number of likely N-dealkylation sites (tertiary alicyclic amines) is 1. The van der Waals surface area contributed by atoms with Crippen LogP contribution in [0, 0.1) is 5.92 Å². The number of hydrogen-bond acceptors (Lipinski definition) is 5. The van der Waals surface area contributed by atoms with Crippen molar-refractivity contribution >= 4 is 6.09 Å². The van der Waals surface area contributed by atoms with Gasteiger partial charge in [0.1, 0.15) is 18.3 Å². The van der Waals surface area contributed by atoms with E-state index in [-0.39, 0.29) is 11.7 Å². The zero-order valence-corrected chi connectivity index (χ0v) is 15.0. The van der Waals surface area contributed by atoms with Gasteiger partial charge in [-0.2, -0.15) is 5.10 Å². The van der Waals surface area contributed by atoms with Gasteiger partial charge in [0.2, 0.25) is 0 Å². The van der Waals surface area contributed by atoms with E-state index in [0.717, 1.165) is 52.0 Å². The molecule has 2 fully saturated rings. The molecule has 0 saturated carbocycles. The van der Waals surface area contributed by atoms with Crippen molar-refractivity contribution in [1.82, 2.24) is 24.6 Å². The van der Waals surface area contributed by atoms with E-state index in [1.54, 1.807) is 12.7 Å². The Kier molecular flexibility index (Phi) is 5.08. The third kappa shape index (κ3) is 3.88. The minimum absolute atomic E-state index is 0.125. The summed E-state index contributed by atoms with van der Waals surface area (Å²) in [5.41, 5.74) is -0.266. The fourth-order valence-corrected chi connectivity index (χ4v) is 3.62. The highest BCUT2D eigenvalue weighted by Crippen LogP contribution is 2.34. The Labute approximate surface area is 144 Å². The number of carbonyl (C=O) groups excluding carboxylic acids is 1. The van der Waals surface area contributed by atoms with E-state index in [1.165, 1.54) is 0 Å².